The molecule has 0 aromatic heterocycles. The summed E-state index contributed by atoms with van der Waals surface area (Å²) in [5.74, 6) is 9.05. The molecule has 0 amide bonds. The minimum absolute atomic E-state index is 0.0139. The van der Waals surface area contributed by atoms with Crippen molar-refractivity contribution in [2.75, 3.05) is 0 Å². The van der Waals surface area contributed by atoms with Crippen LogP contribution in [0.25, 0.3) is 0 Å². The minimum Gasteiger partial charge on any atom is -0.645 e. The fourth-order valence-corrected chi connectivity index (χ4v) is 0. The molecule has 0 atom stereocenters. The third-order valence-corrected chi connectivity index (χ3v) is 2.60. The van der Waals surface area contributed by atoms with E-state index in [1.54, 1.807) is 0 Å². The zero-order chi connectivity index (χ0) is 6.99. The zero-order valence-electron chi connectivity index (χ0n) is 6.69. The maximum absolute atomic E-state index is 4.82. The van der Waals surface area contributed by atoms with E-state index < -0.39 is 0 Å². The smallest absolute Gasteiger partial charge is 0.401 e. The third kappa shape index (κ3) is 49.7. The molecule has 0 bridgehead atoms. The van der Waals surface area contributed by atoms with Crippen LogP contribution in [-0.4, -0.2) is 46.3 Å². The molecule has 0 unspecified atom stereocenters. The molecule has 0 N–H and O–H groups in total. The van der Waals surface area contributed by atoms with Gasteiger partial charge < -0.3 is 2.84 Å². The lowest BCUT2D eigenvalue weighted by Gasteiger charge is -1.75. The van der Waals surface area contributed by atoms with E-state index in [2.05, 4.69) is 23.1 Å². The molecule has 0 radical (unpaired) electrons. The standard InChI is InChI=1S/4CH3.3Al.O.3H/h4*1H3;;;;;;;. The molecule has 0 aliphatic heterocycles. The number of hydrogen-bond acceptors (Lipinski definition) is 1. The second-order valence-corrected chi connectivity index (χ2v) is 8.66. The molecule has 0 saturated carbocycles. The van der Waals surface area contributed by atoms with E-state index in [0.717, 1.165) is 16.6 Å². The molecule has 0 saturated heterocycles. The minimum atomic E-state index is -0.139. The van der Waals surface area contributed by atoms with Gasteiger partial charge in [-0.25, -0.2) is 0 Å². The Labute approximate surface area is 72.0 Å². The van der Waals surface area contributed by atoms with Crippen LogP contribution in [0.1, 0.15) is 0 Å². The van der Waals surface area contributed by atoms with Crippen molar-refractivity contribution in [3.05, 3.63) is 0 Å². The van der Waals surface area contributed by atoms with Crippen molar-refractivity contribution in [2.24, 2.45) is 0 Å². The van der Waals surface area contributed by atoms with Crippen LogP contribution in [-0.2, 0) is 2.84 Å². The van der Waals surface area contributed by atoms with Crippen LogP contribution in [0.3, 0.4) is 0 Å². The molecular formula is C4H15Al3O. The molecule has 0 heterocycles. The van der Waals surface area contributed by atoms with E-state index in [9.17, 15) is 0 Å². The molecule has 0 aliphatic carbocycles. The molecule has 0 rings (SSSR count). The van der Waals surface area contributed by atoms with Gasteiger partial charge in [-0.2, -0.15) is 0 Å². The molecule has 0 aromatic carbocycles. The summed E-state index contributed by atoms with van der Waals surface area (Å²) in [5.41, 5.74) is 0. The van der Waals surface area contributed by atoms with E-state index in [0.29, 0.717) is 0 Å². The van der Waals surface area contributed by atoms with E-state index in [1.807, 2.05) is 0 Å². The topological polar surface area (TPSA) is 9.23 Å². The number of hydrogen-bond donors (Lipinski definition) is 0. The SMILES string of the molecule is [CH3][AlH][O][AlH2].[CH3][Al]([CH3])[CH3]. The Bertz CT molecular complexity index is 27.7. The zero-order valence-corrected chi connectivity index (χ0v) is 11.3. The van der Waals surface area contributed by atoms with Gasteiger partial charge in [0.1, 0.15) is 0 Å². The van der Waals surface area contributed by atoms with Gasteiger partial charge in [-0.15, -0.1) is 17.4 Å². The van der Waals surface area contributed by atoms with Gasteiger partial charge in [0.05, 0.1) is 0 Å². The first-order valence-electron chi connectivity index (χ1n) is 3.14. The first-order chi connectivity index (χ1) is 3.65. The quantitative estimate of drug-likeness (QED) is 0.502. The van der Waals surface area contributed by atoms with Gasteiger partial charge in [0, 0.05) is 0 Å². The van der Waals surface area contributed by atoms with E-state index in [4.69, 9.17) is 2.84 Å². The lowest BCUT2D eigenvalue weighted by molar-refractivity contribution is 0.671. The van der Waals surface area contributed by atoms with Gasteiger partial charge in [-0.1, -0.05) is 5.79 Å². The predicted octanol–water partition coefficient (Wildman–Crippen LogP) is 0.321. The summed E-state index contributed by atoms with van der Waals surface area (Å²) in [6.45, 7) is 0. The summed E-state index contributed by atoms with van der Waals surface area (Å²) >= 11 is 0.799. The first-order valence-corrected chi connectivity index (χ1v) is 9.41. The molecular weight excluding hydrogens is 145 g/mol. The maximum atomic E-state index is 4.82. The van der Waals surface area contributed by atoms with Crippen molar-refractivity contribution in [2.45, 2.75) is 23.1 Å². The van der Waals surface area contributed by atoms with Gasteiger partial charge in [0.2, 0.25) is 0 Å². The maximum Gasteiger partial charge on any atom is 0.401 e. The summed E-state index contributed by atoms with van der Waals surface area (Å²) in [5, 5.41) is 0. The molecule has 1 nitrogen and oxygen atoms in total. The highest BCUT2D eigenvalue weighted by Gasteiger charge is 1.81. The van der Waals surface area contributed by atoms with Crippen LogP contribution >= 0.6 is 0 Å². The van der Waals surface area contributed by atoms with Crippen LogP contribution in [0.2, 0.25) is 23.1 Å². The Morgan fingerprint density at radius 1 is 1.38 bits per heavy atom. The van der Waals surface area contributed by atoms with Crippen molar-refractivity contribution in [1.29, 1.82) is 0 Å². The molecule has 0 aliphatic rings. The lowest BCUT2D eigenvalue weighted by atomic mass is 11.8. The molecule has 0 spiro atoms. The average molecular weight is 160 g/mol. The van der Waals surface area contributed by atoms with E-state index >= 15 is 0 Å². The van der Waals surface area contributed by atoms with Gasteiger partial charge in [0.15, 0.2) is 0 Å². The third-order valence-electron chi connectivity index (χ3n) is 0.289. The van der Waals surface area contributed by atoms with Crippen LogP contribution in [0, 0.1) is 0 Å². The summed E-state index contributed by atoms with van der Waals surface area (Å²) in [4.78, 5) is 0. The van der Waals surface area contributed by atoms with Crippen molar-refractivity contribution < 1.29 is 2.84 Å². The first kappa shape index (κ1) is 12.3. The summed E-state index contributed by atoms with van der Waals surface area (Å²) < 4.78 is 4.82. The molecule has 4 heteroatoms. The van der Waals surface area contributed by atoms with Crippen LogP contribution in [0.4, 0.5) is 0 Å². The Morgan fingerprint density at radius 2 is 1.50 bits per heavy atom. The molecule has 8 heavy (non-hydrogen) atoms. The predicted molar refractivity (Wildman–Crippen MR) is 46.0 cm³/mol. The highest BCUT2D eigenvalue weighted by atomic mass is 27.2. The van der Waals surface area contributed by atoms with Crippen molar-refractivity contribution in [3.8, 4) is 0 Å². The fourth-order valence-electron chi connectivity index (χ4n) is 0. The average Bonchev–Trinajstić information content (AvgIpc) is 1.65. The number of rotatable bonds is 1. The lowest BCUT2D eigenvalue weighted by Crippen LogP contribution is -1.84. The fraction of sp³-hybridized carbons (Fsp3) is 1.00. The van der Waals surface area contributed by atoms with Gasteiger partial charge in [-0.05, 0) is 0 Å². The Hall–Kier alpha value is 1.56. The summed E-state index contributed by atoms with van der Waals surface area (Å²) in [6.07, 6.45) is 0. The normalized spacial score (nSPS) is 6.50. The summed E-state index contributed by atoms with van der Waals surface area (Å²) in [6, 6.07) is 0. The van der Waals surface area contributed by atoms with E-state index in [1.165, 1.54) is 0 Å². The van der Waals surface area contributed by atoms with Crippen LogP contribution < -0.4 is 0 Å². The second kappa shape index (κ2) is 11.4. The Morgan fingerprint density at radius 3 is 1.50 bits per heavy atom. The van der Waals surface area contributed by atoms with Crippen molar-refractivity contribution in [3.63, 3.8) is 0 Å². The Balaban J connectivity index is 0. The van der Waals surface area contributed by atoms with Gasteiger partial charge in [-0.3, -0.25) is 0 Å². The van der Waals surface area contributed by atoms with Crippen LogP contribution in [0.5, 0.6) is 0 Å². The molecule has 0 fully saturated rings. The molecule has 46 valence electrons. The Kier molecular flexibility index (Phi) is 17.4. The summed E-state index contributed by atoms with van der Waals surface area (Å²) in [7, 11) is 0. The van der Waals surface area contributed by atoms with Crippen molar-refractivity contribution in [1.82, 2.24) is 0 Å². The van der Waals surface area contributed by atoms with Gasteiger partial charge >= 0.3 is 32.2 Å². The second-order valence-electron chi connectivity index (χ2n) is 2.31. The largest absolute Gasteiger partial charge is 0.645 e. The van der Waals surface area contributed by atoms with Crippen LogP contribution in [0.15, 0.2) is 0 Å². The highest BCUT2D eigenvalue weighted by Crippen LogP contribution is 1.68. The highest BCUT2D eigenvalue weighted by molar-refractivity contribution is 6.54. The van der Waals surface area contributed by atoms with Gasteiger partial charge in [0.25, 0.3) is 14.1 Å². The van der Waals surface area contributed by atoms with Crippen molar-refractivity contribution >= 4 is 46.3 Å². The van der Waals surface area contributed by atoms with E-state index in [-0.39, 0.29) is 29.7 Å². The monoisotopic (exact) mass is 160 g/mol. The molecule has 0 aromatic rings.